The number of fused-ring (bicyclic) bond motifs is 3. The van der Waals surface area contributed by atoms with Crippen LogP contribution in [-0.2, 0) is 14.3 Å². The molecule has 3 saturated heterocycles. The zero-order valence-corrected chi connectivity index (χ0v) is 21.5. The third-order valence-corrected chi connectivity index (χ3v) is 9.13. The zero-order chi connectivity index (χ0) is 25.1. The first-order valence-corrected chi connectivity index (χ1v) is 14.1. The van der Waals surface area contributed by atoms with Gasteiger partial charge in [0.15, 0.2) is 0 Å². The molecule has 3 fully saturated rings. The summed E-state index contributed by atoms with van der Waals surface area (Å²) in [6.07, 6.45) is 2.28. The average molecular weight is 515 g/mol. The maximum atomic E-state index is 13.5. The SMILES string of the molecule is CC(C)C[C@@H]1CCO[C@@H]2[C@H](CN[C@@H]2C(=O)N[C@@H]2C/C=C/C(CO)CSC3O[C@H]2C(O)[C@@H](O)[C@H]3O)C1. The number of thioether (sulfide) groups is 1. The molecule has 35 heavy (non-hydrogen) atoms. The Hall–Kier alpha value is -0.720. The highest BCUT2D eigenvalue weighted by Crippen LogP contribution is 2.35. The van der Waals surface area contributed by atoms with Gasteiger partial charge in [-0.3, -0.25) is 4.79 Å². The molecule has 0 spiro atoms. The summed E-state index contributed by atoms with van der Waals surface area (Å²) in [5, 5.41) is 47.7. The lowest BCUT2D eigenvalue weighted by Crippen LogP contribution is -2.64. The van der Waals surface area contributed by atoms with Crippen molar-refractivity contribution in [3.63, 3.8) is 0 Å². The number of hydrogen-bond donors (Lipinski definition) is 6. The van der Waals surface area contributed by atoms with Crippen LogP contribution in [0.2, 0.25) is 0 Å². The summed E-state index contributed by atoms with van der Waals surface area (Å²) in [4.78, 5) is 13.5. The molecule has 6 N–H and O–H groups in total. The van der Waals surface area contributed by atoms with E-state index in [9.17, 15) is 25.2 Å². The Kier molecular flexibility index (Phi) is 9.53. The lowest BCUT2D eigenvalue weighted by atomic mass is 9.85. The predicted octanol–water partition coefficient (Wildman–Crippen LogP) is 0.00970. The van der Waals surface area contributed by atoms with Crippen molar-refractivity contribution in [2.24, 2.45) is 23.7 Å². The van der Waals surface area contributed by atoms with Gasteiger partial charge in [0.05, 0.1) is 18.8 Å². The number of hydrogen-bond acceptors (Lipinski definition) is 9. The number of carbonyl (C=O) groups excluding carboxylic acids is 1. The second-order valence-corrected chi connectivity index (χ2v) is 12.1. The second-order valence-electron chi connectivity index (χ2n) is 11.0. The molecule has 200 valence electrons. The van der Waals surface area contributed by atoms with E-state index in [1.165, 1.54) is 11.8 Å². The van der Waals surface area contributed by atoms with Crippen LogP contribution in [0, 0.1) is 23.7 Å². The summed E-state index contributed by atoms with van der Waals surface area (Å²) >= 11 is 1.29. The molecule has 0 aromatic rings. The number of ether oxygens (including phenoxy) is 2. The van der Waals surface area contributed by atoms with E-state index >= 15 is 0 Å². The Morgan fingerprint density at radius 1 is 1.20 bits per heavy atom. The molecule has 4 aliphatic heterocycles. The minimum absolute atomic E-state index is 0.0534. The van der Waals surface area contributed by atoms with Crippen LogP contribution in [0.4, 0.5) is 0 Å². The zero-order valence-electron chi connectivity index (χ0n) is 20.7. The Bertz CT molecular complexity index is 741. The number of carbonyl (C=O) groups is 1. The molecule has 0 radical (unpaired) electrons. The first-order chi connectivity index (χ1) is 16.8. The molecular formula is C25H42N2O7S. The van der Waals surface area contributed by atoms with Crippen molar-refractivity contribution in [1.82, 2.24) is 10.6 Å². The van der Waals surface area contributed by atoms with Gasteiger partial charge in [-0.2, -0.15) is 0 Å². The summed E-state index contributed by atoms with van der Waals surface area (Å²) in [6, 6.07) is -1.11. The van der Waals surface area contributed by atoms with E-state index in [1.807, 2.05) is 12.2 Å². The molecule has 9 nitrogen and oxygen atoms in total. The van der Waals surface area contributed by atoms with Crippen LogP contribution in [0.1, 0.15) is 39.5 Å². The molecule has 3 unspecified atom stereocenters. The van der Waals surface area contributed by atoms with E-state index in [4.69, 9.17) is 9.47 Å². The van der Waals surface area contributed by atoms with Crippen molar-refractivity contribution in [2.45, 2.75) is 87.6 Å². The molecule has 10 heteroatoms. The minimum Gasteiger partial charge on any atom is -0.396 e. The Balaban J connectivity index is 1.47. The van der Waals surface area contributed by atoms with Crippen molar-refractivity contribution in [3.8, 4) is 0 Å². The van der Waals surface area contributed by atoms with Gasteiger partial charge in [-0.05, 0) is 43.4 Å². The van der Waals surface area contributed by atoms with Gasteiger partial charge in [0.2, 0.25) is 5.91 Å². The van der Waals surface area contributed by atoms with E-state index in [1.54, 1.807) is 0 Å². The van der Waals surface area contributed by atoms with Crippen LogP contribution in [0.3, 0.4) is 0 Å². The third-order valence-electron chi connectivity index (χ3n) is 7.79. The third kappa shape index (κ3) is 6.41. The molecule has 4 aliphatic rings. The van der Waals surface area contributed by atoms with Crippen LogP contribution in [0.15, 0.2) is 12.2 Å². The summed E-state index contributed by atoms with van der Waals surface area (Å²) in [5.41, 5.74) is -0.768. The number of aliphatic hydroxyl groups excluding tert-OH is 4. The topological polar surface area (TPSA) is 141 Å². The normalized spacial score (nSPS) is 45.4. The summed E-state index contributed by atoms with van der Waals surface area (Å²) in [5.74, 6) is 1.67. The number of aliphatic hydroxyl groups is 4. The maximum Gasteiger partial charge on any atom is 0.240 e. The van der Waals surface area contributed by atoms with Crippen LogP contribution < -0.4 is 10.6 Å². The first-order valence-electron chi connectivity index (χ1n) is 13.0. The van der Waals surface area contributed by atoms with Crippen LogP contribution in [0.25, 0.3) is 0 Å². The van der Waals surface area contributed by atoms with Crippen molar-refractivity contribution < 1.29 is 34.7 Å². The average Bonchev–Trinajstić information content (AvgIpc) is 3.11. The fourth-order valence-electron chi connectivity index (χ4n) is 5.97. The quantitative estimate of drug-likeness (QED) is 0.280. The van der Waals surface area contributed by atoms with Crippen molar-refractivity contribution in [2.75, 3.05) is 25.5 Å². The monoisotopic (exact) mass is 514 g/mol. The van der Waals surface area contributed by atoms with E-state index in [-0.39, 0.29) is 30.5 Å². The Morgan fingerprint density at radius 2 is 2.00 bits per heavy atom. The van der Waals surface area contributed by atoms with Gasteiger partial charge in [0, 0.05) is 24.8 Å². The van der Waals surface area contributed by atoms with Gasteiger partial charge in [-0.15, -0.1) is 11.8 Å². The smallest absolute Gasteiger partial charge is 0.240 e. The van der Waals surface area contributed by atoms with Gasteiger partial charge in [-0.1, -0.05) is 26.0 Å². The van der Waals surface area contributed by atoms with Gasteiger partial charge in [-0.25, -0.2) is 0 Å². The maximum absolute atomic E-state index is 13.5. The largest absolute Gasteiger partial charge is 0.396 e. The lowest BCUT2D eigenvalue weighted by Gasteiger charge is -2.44. The molecule has 4 rings (SSSR count). The highest BCUT2D eigenvalue weighted by molar-refractivity contribution is 7.99. The molecular weight excluding hydrogens is 472 g/mol. The molecule has 0 saturated carbocycles. The van der Waals surface area contributed by atoms with E-state index in [2.05, 4.69) is 24.5 Å². The number of rotatable bonds is 5. The van der Waals surface area contributed by atoms with Crippen LogP contribution >= 0.6 is 11.8 Å². The lowest BCUT2D eigenvalue weighted by molar-refractivity contribution is -0.205. The molecule has 2 bridgehead atoms. The molecule has 1 amide bonds. The number of amides is 1. The Labute approximate surface area is 212 Å². The van der Waals surface area contributed by atoms with Crippen molar-refractivity contribution >= 4 is 17.7 Å². The van der Waals surface area contributed by atoms with Gasteiger partial charge in [0.25, 0.3) is 0 Å². The van der Waals surface area contributed by atoms with Crippen LogP contribution in [-0.4, -0.2) is 99.9 Å². The van der Waals surface area contributed by atoms with E-state index < -0.39 is 41.9 Å². The Morgan fingerprint density at radius 3 is 2.74 bits per heavy atom. The van der Waals surface area contributed by atoms with Gasteiger partial charge < -0.3 is 40.5 Å². The predicted molar refractivity (Wildman–Crippen MR) is 133 cm³/mol. The fraction of sp³-hybridized carbons (Fsp3) is 0.880. The summed E-state index contributed by atoms with van der Waals surface area (Å²) < 4.78 is 12.2. The molecule has 0 aromatic heterocycles. The highest BCUT2D eigenvalue weighted by atomic mass is 32.2. The molecule has 11 atom stereocenters. The van der Waals surface area contributed by atoms with Crippen LogP contribution in [0.5, 0.6) is 0 Å². The molecule has 0 aliphatic carbocycles. The second kappa shape index (κ2) is 12.2. The van der Waals surface area contributed by atoms with E-state index in [0.29, 0.717) is 30.6 Å². The van der Waals surface area contributed by atoms with Crippen molar-refractivity contribution in [1.29, 1.82) is 0 Å². The molecule has 0 aromatic carbocycles. The fourth-order valence-corrected chi connectivity index (χ4v) is 7.19. The summed E-state index contributed by atoms with van der Waals surface area (Å²) in [7, 11) is 0. The highest BCUT2D eigenvalue weighted by Gasteiger charge is 2.49. The summed E-state index contributed by atoms with van der Waals surface area (Å²) in [6.45, 7) is 5.80. The molecule has 4 heterocycles. The van der Waals surface area contributed by atoms with Crippen molar-refractivity contribution in [3.05, 3.63) is 12.2 Å². The van der Waals surface area contributed by atoms with Gasteiger partial charge in [0.1, 0.15) is 35.9 Å². The van der Waals surface area contributed by atoms with E-state index in [0.717, 1.165) is 25.8 Å². The number of nitrogens with one attached hydrogen (secondary N) is 2. The minimum atomic E-state index is -1.39. The van der Waals surface area contributed by atoms with Gasteiger partial charge >= 0.3 is 0 Å². The first kappa shape index (κ1) is 27.3. The standard InChI is InChI=1S/C25H42N2O7S/c1-13(2)8-14-6-7-33-22-16(9-14)10-26-18(22)24(32)27-17-5-3-4-15(11-28)12-35-25-21(31)19(29)20(30)23(17)34-25/h3-4,13-23,25-26,28-31H,5-12H2,1-2H3,(H,27,32)/b4-3+/t14-,15?,16-,17+,18-,19+,20?,21+,22+,23+,25?/m0/s1.